The lowest BCUT2D eigenvalue weighted by Gasteiger charge is -1.97. The molecule has 0 spiro atoms. The molecule has 0 bridgehead atoms. The molecule has 1 aromatic heterocycles. The van der Waals surface area contributed by atoms with Gasteiger partial charge in [-0.3, -0.25) is 0 Å². The van der Waals surface area contributed by atoms with Gasteiger partial charge in [-0.2, -0.15) is 4.57 Å². The highest BCUT2D eigenvalue weighted by Gasteiger charge is 2.03. The summed E-state index contributed by atoms with van der Waals surface area (Å²) in [5, 5.41) is 0.823. The van der Waals surface area contributed by atoms with E-state index < -0.39 is 0 Å². The van der Waals surface area contributed by atoms with Crippen molar-refractivity contribution in [3.8, 4) is 0 Å². The molecule has 0 fully saturated rings. The Kier molecular flexibility index (Phi) is 3.21. The van der Waals surface area contributed by atoms with Crippen molar-refractivity contribution in [3.05, 3.63) is 29.0 Å². The van der Waals surface area contributed by atoms with Crippen LogP contribution in [0.4, 0.5) is 0 Å². The van der Waals surface area contributed by atoms with E-state index in [0.29, 0.717) is 5.88 Å². The first kappa shape index (κ1) is 8.88. The smallest absolute Gasteiger partial charge is 0.191 e. The van der Waals surface area contributed by atoms with Gasteiger partial charge >= 0.3 is 0 Å². The molecule has 60 valence electrons. The van der Waals surface area contributed by atoms with E-state index in [0.717, 1.165) is 11.4 Å². The lowest BCUT2D eigenvalue weighted by molar-refractivity contribution is -0.675. The summed E-state index contributed by atoms with van der Waals surface area (Å²) in [6.45, 7) is 2.09. The summed E-state index contributed by atoms with van der Waals surface area (Å²) in [7, 11) is 0. The number of hydrogen-bond acceptors (Lipinski definition) is 1. The number of aromatic nitrogens is 1. The zero-order valence-electron chi connectivity index (χ0n) is 6.42. The van der Waals surface area contributed by atoms with Crippen LogP contribution in [-0.2, 0) is 12.3 Å². The van der Waals surface area contributed by atoms with Crippen molar-refractivity contribution in [2.24, 2.45) is 0 Å². The molecule has 11 heavy (non-hydrogen) atoms. The average Bonchev–Trinajstić information content (AvgIpc) is 2.04. The van der Waals surface area contributed by atoms with Crippen LogP contribution in [0.2, 0.25) is 5.02 Å². The molecule has 0 aliphatic carbocycles. The molecule has 0 N–H and O–H groups in total. The fourth-order valence-electron chi connectivity index (χ4n) is 0.912. The first-order chi connectivity index (χ1) is 5.27. The third-order valence-corrected chi connectivity index (χ3v) is 2.26. The normalized spacial score (nSPS) is 10.1. The summed E-state index contributed by atoms with van der Waals surface area (Å²) in [5.74, 6) is 0.670. The zero-order chi connectivity index (χ0) is 8.27. The van der Waals surface area contributed by atoms with Crippen molar-refractivity contribution >= 4 is 24.2 Å². The van der Waals surface area contributed by atoms with Crippen LogP contribution in [0.5, 0.6) is 0 Å². The van der Waals surface area contributed by atoms with Crippen LogP contribution < -0.4 is 4.57 Å². The molecular weight excluding hydrogens is 178 g/mol. The molecule has 1 nitrogen and oxygen atoms in total. The minimum Gasteiger partial charge on any atom is -0.194 e. The summed E-state index contributed by atoms with van der Waals surface area (Å²) in [6, 6.07) is 2.03. The number of hydrogen-bond donors (Lipinski definition) is 1. The number of aryl methyl sites for hydroxylation is 1. The van der Waals surface area contributed by atoms with Crippen LogP contribution in [0.3, 0.4) is 0 Å². The Labute approximate surface area is 77.4 Å². The van der Waals surface area contributed by atoms with Gasteiger partial charge in [0.15, 0.2) is 18.3 Å². The molecule has 0 radical (unpaired) electrons. The Morgan fingerprint density at radius 1 is 1.64 bits per heavy atom. The van der Waals surface area contributed by atoms with Crippen molar-refractivity contribution in [2.45, 2.75) is 19.2 Å². The van der Waals surface area contributed by atoms with E-state index in [1.807, 2.05) is 23.0 Å². The van der Waals surface area contributed by atoms with Crippen LogP contribution in [0.25, 0.3) is 0 Å². The van der Waals surface area contributed by atoms with Crippen LogP contribution in [0, 0.1) is 0 Å². The highest BCUT2D eigenvalue weighted by molar-refractivity contribution is 7.78. The van der Waals surface area contributed by atoms with E-state index in [4.69, 9.17) is 11.6 Å². The van der Waals surface area contributed by atoms with Crippen molar-refractivity contribution in [2.75, 3.05) is 0 Å². The van der Waals surface area contributed by atoms with E-state index in [1.165, 1.54) is 5.56 Å². The van der Waals surface area contributed by atoms with Crippen LogP contribution in [0.1, 0.15) is 12.5 Å². The maximum absolute atomic E-state index is 5.95. The topological polar surface area (TPSA) is 3.88 Å². The Hall–Kier alpha value is -0.210. The standard InChI is InChI=1S/C8H10ClNS/c1-2-7-3-4-10(6-11)5-8(7)9/h3-5H,2,6H2,1H3/p+1. The van der Waals surface area contributed by atoms with E-state index in [9.17, 15) is 0 Å². The Morgan fingerprint density at radius 2 is 2.36 bits per heavy atom. The maximum atomic E-state index is 5.95. The molecule has 0 aliphatic rings. The summed E-state index contributed by atoms with van der Waals surface area (Å²) in [6.07, 6.45) is 4.86. The predicted octanol–water partition coefficient (Wildman–Crippen LogP) is 2.08. The Morgan fingerprint density at radius 3 is 2.82 bits per heavy atom. The zero-order valence-corrected chi connectivity index (χ0v) is 8.07. The molecule has 0 saturated heterocycles. The van der Waals surface area contributed by atoms with Gasteiger partial charge in [0, 0.05) is 6.07 Å². The first-order valence-corrected chi connectivity index (χ1v) is 4.57. The fourth-order valence-corrected chi connectivity index (χ4v) is 1.41. The van der Waals surface area contributed by atoms with Crippen molar-refractivity contribution < 1.29 is 4.57 Å². The van der Waals surface area contributed by atoms with Crippen LogP contribution in [-0.4, -0.2) is 0 Å². The lowest BCUT2D eigenvalue weighted by atomic mass is 10.2. The molecule has 1 rings (SSSR count). The molecule has 0 amide bonds. The van der Waals surface area contributed by atoms with Crippen molar-refractivity contribution in [1.29, 1.82) is 0 Å². The third-order valence-electron chi connectivity index (χ3n) is 1.60. The quantitative estimate of drug-likeness (QED) is 0.535. The Bertz CT molecular complexity index is 250. The van der Waals surface area contributed by atoms with Gasteiger partial charge in [-0.15, -0.1) is 12.6 Å². The molecule has 1 aromatic rings. The summed E-state index contributed by atoms with van der Waals surface area (Å²) < 4.78 is 1.94. The SMILES string of the molecule is CCc1cc[n+](CS)cc1Cl. The number of nitrogens with zero attached hydrogens (tertiary/aromatic N) is 1. The minimum absolute atomic E-state index is 0.670. The summed E-state index contributed by atoms with van der Waals surface area (Å²) >= 11 is 10.1. The van der Waals surface area contributed by atoms with Gasteiger partial charge in [0.05, 0.1) is 0 Å². The van der Waals surface area contributed by atoms with Gasteiger partial charge in [-0.1, -0.05) is 18.5 Å². The highest BCUT2D eigenvalue weighted by Crippen LogP contribution is 2.12. The first-order valence-electron chi connectivity index (χ1n) is 3.56. The van der Waals surface area contributed by atoms with Gasteiger partial charge < -0.3 is 0 Å². The summed E-state index contributed by atoms with van der Waals surface area (Å²) in [4.78, 5) is 0. The second-order valence-electron chi connectivity index (χ2n) is 2.33. The van der Waals surface area contributed by atoms with Crippen LogP contribution >= 0.6 is 24.2 Å². The number of pyridine rings is 1. The number of thiol groups is 1. The molecule has 0 unspecified atom stereocenters. The molecule has 0 aliphatic heterocycles. The van der Waals surface area contributed by atoms with Gasteiger partial charge in [0.2, 0.25) is 0 Å². The van der Waals surface area contributed by atoms with E-state index in [-0.39, 0.29) is 0 Å². The molecule has 0 aromatic carbocycles. The van der Waals surface area contributed by atoms with E-state index in [2.05, 4.69) is 19.6 Å². The predicted molar refractivity (Wildman–Crippen MR) is 50.0 cm³/mol. The molecule has 0 saturated carbocycles. The second kappa shape index (κ2) is 3.98. The minimum atomic E-state index is 0.670. The van der Waals surface area contributed by atoms with Gasteiger partial charge in [-0.25, -0.2) is 0 Å². The largest absolute Gasteiger partial charge is 0.194 e. The van der Waals surface area contributed by atoms with E-state index >= 15 is 0 Å². The lowest BCUT2D eigenvalue weighted by Crippen LogP contribution is -2.30. The number of rotatable bonds is 2. The highest BCUT2D eigenvalue weighted by atomic mass is 35.5. The van der Waals surface area contributed by atoms with Crippen molar-refractivity contribution in [1.82, 2.24) is 0 Å². The van der Waals surface area contributed by atoms with Crippen LogP contribution in [0.15, 0.2) is 18.5 Å². The third kappa shape index (κ3) is 2.11. The molecule has 1 heterocycles. The molecule has 3 heteroatoms. The van der Waals surface area contributed by atoms with Crippen molar-refractivity contribution in [3.63, 3.8) is 0 Å². The van der Waals surface area contributed by atoms with Gasteiger partial charge in [0.25, 0.3) is 0 Å². The summed E-state index contributed by atoms with van der Waals surface area (Å²) in [5.41, 5.74) is 1.18. The maximum Gasteiger partial charge on any atom is 0.191 e. The number of halogens is 1. The van der Waals surface area contributed by atoms with Gasteiger partial charge in [0.1, 0.15) is 5.02 Å². The second-order valence-corrected chi connectivity index (χ2v) is 3.02. The van der Waals surface area contributed by atoms with E-state index in [1.54, 1.807) is 0 Å². The monoisotopic (exact) mass is 188 g/mol. The average molecular weight is 189 g/mol. The van der Waals surface area contributed by atoms with Gasteiger partial charge in [-0.05, 0) is 12.0 Å². The molecular formula is C8H11ClNS+. The fraction of sp³-hybridized carbons (Fsp3) is 0.375. The molecule has 0 atom stereocenters. The Balaban J connectivity index is 2.99.